The van der Waals surface area contributed by atoms with E-state index >= 15 is 0 Å². The van der Waals surface area contributed by atoms with Crippen molar-refractivity contribution in [3.05, 3.63) is 117 Å². The van der Waals surface area contributed by atoms with E-state index in [4.69, 9.17) is 14.1 Å². The zero-order valence-electron chi connectivity index (χ0n) is 23.6. The van der Waals surface area contributed by atoms with E-state index < -0.39 is 11.7 Å². The summed E-state index contributed by atoms with van der Waals surface area (Å²) in [5, 5.41) is 8.45. The number of halogens is 2. The van der Waals surface area contributed by atoms with Crippen molar-refractivity contribution in [3.63, 3.8) is 0 Å². The molecule has 0 saturated heterocycles. The lowest BCUT2D eigenvalue weighted by Crippen LogP contribution is -2.21. The molecular weight excluding hydrogens is 629 g/mol. The standard InChI is InChI=1S/C33H25BrFN5O4/c1-39(2)25-13-7-20(29(17-25)43-19-31(41)37-24-11-9-23(35)10-12-24)18-36-40-32(38-27-6-4-3-5-26(27)33(40)42)30-16-21-15-22(34)8-14-28(21)44-30/h3-18H,19H2,1-2H3,(H,37,41). The van der Waals surface area contributed by atoms with E-state index in [0.29, 0.717) is 39.2 Å². The van der Waals surface area contributed by atoms with Crippen LogP contribution in [0.15, 0.2) is 110 Å². The maximum Gasteiger partial charge on any atom is 0.282 e. The molecule has 0 aliphatic carbocycles. The summed E-state index contributed by atoms with van der Waals surface area (Å²) >= 11 is 3.48. The fourth-order valence-electron chi connectivity index (χ4n) is 4.54. The molecular formula is C33H25BrFN5O4. The van der Waals surface area contributed by atoms with Crippen LogP contribution >= 0.6 is 15.9 Å². The summed E-state index contributed by atoms with van der Waals surface area (Å²) in [7, 11) is 3.76. The van der Waals surface area contributed by atoms with Gasteiger partial charge < -0.3 is 19.4 Å². The van der Waals surface area contributed by atoms with Gasteiger partial charge in [0.2, 0.25) is 5.82 Å². The maximum absolute atomic E-state index is 13.7. The molecule has 0 spiro atoms. The monoisotopic (exact) mass is 653 g/mol. The quantitative estimate of drug-likeness (QED) is 0.184. The van der Waals surface area contributed by atoms with E-state index in [0.717, 1.165) is 15.5 Å². The number of ether oxygens (including phenoxy) is 1. The summed E-state index contributed by atoms with van der Waals surface area (Å²) < 4.78 is 27.3. The van der Waals surface area contributed by atoms with Crippen LogP contribution in [0.3, 0.4) is 0 Å². The van der Waals surface area contributed by atoms with Crippen molar-refractivity contribution in [3.8, 4) is 17.3 Å². The average molecular weight is 654 g/mol. The summed E-state index contributed by atoms with van der Waals surface area (Å²) in [5.41, 5.74) is 2.55. The van der Waals surface area contributed by atoms with E-state index in [1.54, 1.807) is 30.3 Å². The van der Waals surface area contributed by atoms with Gasteiger partial charge in [-0.2, -0.15) is 9.78 Å². The van der Waals surface area contributed by atoms with Crippen molar-refractivity contribution in [2.45, 2.75) is 0 Å². The second kappa shape index (κ2) is 12.1. The Labute approximate surface area is 259 Å². The summed E-state index contributed by atoms with van der Waals surface area (Å²) in [5.74, 6) is 0.133. The first-order valence-corrected chi connectivity index (χ1v) is 14.3. The van der Waals surface area contributed by atoms with Crippen molar-refractivity contribution in [1.29, 1.82) is 0 Å². The fraction of sp³-hybridized carbons (Fsp3) is 0.0909. The van der Waals surface area contributed by atoms with Crippen LogP contribution in [-0.2, 0) is 4.79 Å². The molecule has 11 heteroatoms. The molecule has 1 N–H and O–H groups in total. The number of nitrogens with zero attached hydrogens (tertiary/aromatic N) is 4. The Morgan fingerprint density at radius 1 is 1.07 bits per heavy atom. The van der Waals surface area contributed by atoms with Crippen molar-refractivity contribution in [2.24, 2.45) is 5.10 Å². The highest BCUT2D eigenvalue weighted by atomic mass is 79.9. The van der Waals surface area contributed by atoms with Crippen molar-refractivity contribution in [2.75, 3.05) is 30.9 Å². The number of hydrogen-bond donors (Lipinski definition) is 1. The Balaban J connectivity index is 1.37. The van der Waals surface area contributed by atoms with Crippen molar-refractivity contribution < 1.29 is 18.3 Å². The predicted molar refractivity (Wildman–Crippen MR) is 173 cm³/mol. The second-order valence-corrected chi connectivity index (χ2v) is 11.0. The molecule has 44 heavy (non-hydrogen) atoms. The molecule has 0 unspecified atom stereocenters. The van der Waals surface area contributed by atoms with Crippen molar-refractivity contribution in [1.82, 2.24) is 9.66 Å². The SMILES string of the molecule is CN(C)c1ccc(C=Nn2c(-c3cc4cc(Br)ccc4o3)nc3ccccc3c2=O)c(OCC(=O)Nc2ccc(F)cc2)c1. The smallest absolute Gasteiger partial charge is 0.282 e. The Morgan fingerprint density at radius 3 is 2.66 bits per heavy atom. The highest BCUT2D eigenvalue weighted by Crippen LogP contribution is 2.30. The number of rotatable bonds is 8. The number of para-hydroxylation sites is 1. The van der Waals surface area contributed by atoms with Gasteiger partial charge in [0.05, 0.1) is 17.1 Å². The van der Waals surface area contributed by atoms with E-state index in [1.807, 2.05) is 55.4 Å². The summed E-state index contributed by atoms with van der Waals surface area (Å²) in [4.78, 5) is 32.9. The van der Waals surface area contributed by atoms with Gasteiger partial charge in [0.25, 0.3) is 11.5 Å². The van der Waals surface area contributed by atoms with Gasteiger partial charge in [-0.1, -0.05) is 28.1 Å². The zero-order valence-corrected chi connectivity index (χ0v) is 25.2. The van der Waals surface area contributed by atoms with E-state index in [2.05, 4.69) is 26.3 Å². The molecule has 0 saturated carbocycles. The molecule has 0 radical (unpaired) electrons. The fourth-order valence-corrected chi connectivity index (χ4v) is 4.92. The molecule has 9 nitrogen and oxygen atoms in total. The number of carbonyl (C=O) groups is 1. The molecule has 4 aromatic carbocycles. The highest BCUT2D eigenvalue weighted by Gasteiger charge is 2.17. The van der Waals surface area contributed by atoms with Crippen LogP contribution < -0.4 is 20.5 Å². The van der Waals surface area contributed by atoms with E-state index in [-0.39, 0.29) is 18.0 Å². The van der Waals surface area contributed by atoms with Crippen LogP contribution in [0.1, 0.15) is 5.56 Å². The predicted octanol–water partition coefficient (Wildman–Crippen LogP) is 6.68. The van der Waals surface area contributed by atoms with Crippen molar-refractivity contribution >= 4 is 61.3 Å². The van der Waals surface area contributed by atoms with Gasteiger partial charge in [-0.3, -0.25) is 9.59 Å². The number of hydrogen-bond acceptors (Lipinski definition) is 7. The first-order chi connectivity index (χ1) is 21.2. The molecule has 0 atom stereocenters. The number of nitrogens with one attached hydrogen (secondary N) is 1. The first kappa shape index (κ1) is 28.8. The molecule has 0 fully saturated rings. The third-order valence-corrected chi connectivity index (χ3v) is 7.26. The van der Waals surface area contributed by atoms with E-state index in [1.165, 1.54) is 35.2 Å². The number of furan rings is 1. The number of aromatic nitrogens is 2. The number of benzene rings is 4. The van der Waals surface area contributed by atoms with Gasteiger partial charge in [-0.25, -0.2) is 9.37 Å². The molecule has 220 valence electrons. The largest absolute Gasteiger partial charge is 0.483 e. The maximum atomic E-state index is 13.7. The Bertz CT molecular complexity index is 2100. The minimum absolute atomic E-state index is 0.225. The van der Waals surface area contributed by atoms with Crippen LogP contribution in [0.2, 0.25) is 0 Å². The third-order valence-electron chi connectivity index (χ3n) is 6.77. The Kier molecular flexibility index (Phi) is 7.95. The number of anilines is 2. The molecule has 1 amide bonds. The molecule has 0 aliphatic rings. The molecule has 2 heterocycles. The summed E-state index contributed by atoms with van der Waals surface area (Å²) in [6, 6.07) is 25.3. The minimum atomic E-state index is -0.427. The minimum Gasteiger partial charge on any atom is -0.483 e. The number of fused-ring (bicyclic) bond motifs is 2. The topological polar surface area (TPSA) is 102 Å². The lowest BCUT2D eigenvalue weighted by molar-refractivity contribution is -0.118. The number of amides is 1. The lowest BCUT2D eigenvalue weighted by Gasteiger charge is -2.16. The van der Waals surface area contributed by atoms with Crippen LogP contribution in [0.25, 0.3) is 33.5 Å². The van der Waals surface area contributed by atoms with Gasteiger partial charge in [-0.15, -0.1) is 0 Å². The number of carbonyl (C=O) groups excluding carboxylic acids is 1. The average Bonchev–Trinajstić information content (AvgIpc) is 3.44. The van der Waals surface area contributed by atoms with Crippen LogP contribution in [-0.4, -0.2) is 42.5 Å². The first-order valence-electron chi connectivity index (χ1n) is 13.5. The van der Waals surface area contributed by atoms with Crippen LogP contribution in [0.5, 0.6) is 5.75 Å². The molecule has 0 aliphatic heterocycles. The summed E-state index contributed by atoms with van der Waals surface area (Å²) in [6.07, 6.45) is 1.48. The molecule has 2 aromatic heterocycles. The van der Waals surface area contributed by atoms with Crippen LogP contribution in [0, 0.1) is 5.82 Å². The molecule has 6 rings (SSSR count). The summed E-state index contributed by atoms with van der Waals surface area (Å²) in [6.45, 7) is -0.313. The van der Waals surface area contributed by atoms with Gasteiger partial charge in [0.15, 0.2) is 12.4 Å². The lowest BCUT2D eigenvalue weighted by atomic mass is 10.2. The second-order valence-electron chi connectivity index (χ2n) is 10.1. The Hall–Kier alpha value is -5.29. The van der Waals surface area contributed by atoms with E-state index in [9.17, 15) is 14.0 Å². The third kappa shape index (κ3) is 6.09. The normalized spacial score (nSPS) is 11.4. The van der Waals surface area contributed by atoms with Crippen LogP contribution in [0.4, 0.5) is 15.8 Å². The van der Waals surface area contributed by atoms with Gasteiger partial charge >= 0.3 is 0 Å². The van der Waals surface area contributed by atoms with Gasteiger partial charge in [0.1, 0.15) is 17.1 Å². The Morgan fingerprint density at radius 2 is 1.86 bits per heavy atom. The van der Waals surface area contributed by atoms with Gasteiger partial charge in [-0.05, 0) is 72.8 Å². The zero-order chi connectivity index (χ0) is 30.8. The molecule has 0 bridgehead atoms. The van der Waals surface area contributed by atoms with Gasteiger partial charge in [0, 0.05) is 47.0 Å². The highest BCUT2D eigenvalue weighted by molar-refractivity contribution is 9.10. The molecule has 6 aromatic rings.